The minimum Gasteiger partial charge on any atom is -0.355 e. The van der Waals surface area contributed by atoms with Crippen LogP contribution in [0.3, 0.4) is 0 Å². The van der Waals surface area contributed by atoms with Crippen LogP contribution >= 0.6 is 11.8 Å². The second-order valence-electron chi connectivity index (χ2n) is 9.43. The normalized spacial score (nSPS) is 15.2. The van der Waals surface area contributed by atoms with E-state index in [1.165, 1.54) is 30.2 Å². The van der Waals surface area contributed by atoms with Crippen molar-refractivity contribution in [3.8, 4) is 11.4 Å². The lowest BCUT2D eigenvalue weighted by Gasteiger charge is -2.20. The van der Waals surface area contributed by atoms with Crippen LogP contribution in [0.4, 0.5) is 0 Å². The molecule has 0 radical (unpaired) electrons. The molecule has 1 aromatic heterocycles. The largest absolute Gasteiger partial charge is 0.355 e. The van der Waals surface area contributed by atoms with Gasteiger partial charge in [-0.2, -0.15) is 0 Å². The molecular weight excluding hydrogens is 380 g/mol. The molecular formula is C23H34N4OS. The molecule has 1 aliphatic carbocycles. The Morgan fingerprint density at radius 2 is 1.83 bits per heavy atom. The Morgan fingerprint density at radius 3 is 2.41 bits per heavy atom. The molecule has 0 atom stereocenters. The summed E-state index contributed by atoms with van der Waals surface area (Å²) in [6, 6.07) is 9.10. The van der Waals surface area contributed by atoms with E-state index in [0.717, 1.165) is 29.4 Å². The number of hydrogen-bond donors (Lipinski definition) is 1. The second kappa shape index (κ2) is 9.33. The number of hydrogen-bond acceptors (Lipinski definition) is 4. The fourth-order valence-corrected chi connectivity index (χ4v) is 4.52. The first-order valence-electron chi connectivity index (χ1n) is 10.7. The highest BCUT2D eigenvalue weighted by molar-refractivity contribution is 7.99. The van der Waals surface area contributed by atoms with Crippen LogP contribution in [0.2, 0.25) is 0 Å². The van der Waals surface area contributed by atoms with Gasteiger partial charge in [0.2, 0.25) is 5.91 Å². The van der Waals surface area contributed by atoms with Gasteiger partial charge < -0.3 is 5.32 Å². The highest BCUT2D eigenvalue weighted by Crippen LogP contribution is 2.37. The third kappa shape index (κ3) is 5.62. The zero-order chi connectivity index (χ0) is 21.0. The number of nitrogens with zero attached hydrogens (tertiary/aromatic N) is 3. The number of thioether (sulfide) groups is 1. The Kier molecular flexibility index (Phi) is 7.04. The minimum atomic E-state index is 0.0563. The third-order valence-corrected chi connectivity index (χ3v) is 6.35. The van der Waals surface area contributed by atoms with Crippen LogP contribution in [-0.4, -0.2) is 33.0 Å². The van der Waals surface area contributed by atoms with Gasteiger partial charge in [0.25, 0.3) is 0 Å². The van der Waals surface area contributed by atoms with Crippen molar-refractivity contribution in [3.05, 3.63) is 29.8 Å². The average molecular weight is 415 g/mol. The predicted octanol–water partition coefficient (Wildman–Crippen LogP) is 5.22. The van der Waals surface area contributed by atoms with Gasteiger partial charge in [0.1, 0.15) is 0 Å². The number of rotatable bonds is 7. The lowest BCUT2D eigenvalue weighted by atomic mass is 9.86. The highest BCUT2D eigenvalue weighted by atomic mass is 32.2. The van der Waals surface area contributed by atoms with Crippen LogP contribution in [0.15, 0.2) is 29.4 Å². The molecule has 1 heterocycles. The fourth-order valence-electron chi connectivity index (χ4n) is 3.68. The summed E-state index contributed by atoms with van der Waals surface area (Å²) in [6.07, 6.45) is 4.78. The third-order valence-electron chi connectivity index (χ3n) is 5.40. The maximum Gasteiger partial charge on any atom is 0.230 e. The van der Waals surface area contributed by atoms with Gasteiger partial charge >= 0.3 is 0 Å². The lowest BCUT2D eigenvalue weighted by Crippen LogP contribution is -2.28. The van der Waals surface area contributed by atoms with Crippen LogP contribution in [0.1, 0.15) is 71.9 Å². The first-order valence-corrected chi connectivity index (χ1v) is 11.7. The molecule has 3 rings (SSSR count). The molecule has 1 fully saturated rings. The van der Waals surface area contributed by atoms with Crippen LogP contribution < -0.4 is 5.32 Å². The van der Waals surface area contributed by atoms with E-state index < -0.39 is 0 Å². The van der Waals surface area contributed by atoms with Crippen LogP contribution in [0, 0.1) is 5.92 Å². The molecule has 2 aromatic rings. The minimum absolute atomic E-state index is 0.0563. The summed E-state index contributed by atoms with van der Waals surface area (Å²) < 4.78 is 2.28. The Morgan fingerprint density at radius 1 is 1.17 bits per heavy atom. The predicted molar refractivity (Wildman–Crippen MR) is 120 cm³/mol. The van der Waals surface area contributed by atoms with E-state index in [1.807, 2.05) is 0 Å². The summed E-state index contributed by atoms with van der Waals surface area (Å²) in [6.45, 7) is 11.6. The standard InChI is InChI=1S/C23H34N4OS/c1-16(2)14-24-20(28)15-29-22-26-25-21(27(22)19-8-6-7-9-19)17-10-12-18(13-11-17)23(3,4)5/h10-13,16,19H,6-9,14-15H2,1-5H3,(H,24,28). The Labute approximate surface area is 179 Å². The van der Waals surface area contributed by atoms with Crippen LogP contribution in [-0.2, 0) is 10.2 Å². The molecule has 0 aliphatic heterocycles. The van der Waals surface area contributed by atoms with Crippen molar-refractivity contribution in [1.29, 1.82) is 0 Å². The summed E-state index contributed by atoms with van der Waals surface area (Å²) in [7, 11) is 0. The molecule has 6 heteroatoms. The molecule has 1 aromatic carbocycles. The van der Waals surface area contributed by atoms with E-state index in [0.29, 0.717) is 24.3 Å². The monoisotopic (exact) mass is 414 g/mol. The van der Waals surface area contributed by atoms with E-state index >= 15 is 0 Å². The first kappa shape index (κ1) is 21.9. The number of amides is 1. The van der Waals surface area contributed by atoms with Crippen LogP contribution in [0.25, 0.3) is 11.4 Å². The summed E-state index contributed by atoms with van der Waals surface area (Å²) in [5.74, 6) is 1.80. The molecule has 0 spiro atoms. The van der Waals surface area contributed by atoms with E-state index in [4.69, 9.17) is 0 Å². The fraction of sp³-hybridized carbons (Fsp3) is 0.609. The Balaban J connectivity index is 1.82. The maximum absolute atomic E-state index is 12.2. The molecule has 1 aliphatic rings. The zero-order valence-electron chi connectivity index (χ0n) is 18.4. The summed E-state index contributed by atoms with van der Waals surface area (Å²) >= 11 is 1.49. The maximum atomic E-state index is 12.2. The molecule has 0 unspecified atom stereocenters. The van der Waals surface area contributed by atoms with E-state index in [2.05, 4.69) is 79.0 Å². The number of aromatic nitrogens is 3. The van der Waals surface area contributed by atoms with Crippen molar-refractivity contribution in [2.45, 2.75) is 76.9 Å². The van der Waals surface area contributed by atoms with Gasteiger partial charge in [-0.05, 0) is 29.7 Å². The van der Waals surface area contributed by atoms with Crippen LogP contribution in [0.5, 0.6) is 0 Å². The number of carbonyl (C=O) groups is 1. The molecule has 0 bridgehead atoms. The Bertz CT molecular complexity index is 814. The van der Waals surface area contributed by atoms with Crippen molar-refractivity contribution in [2.75, 3.05) is 12.3 Å². The number of benzene rings is 1. The van der Waals surface area contributed by atoms with E-state index in [-0.39, 0.29) is 11.3 Å². The smallest absolute Gasteiger partial charge is 0.230 e. The van der Waals surface area contributed by atoms with E-state index in [9.17, 15) is 4.79 Å². The number of nitrogens with one attached hydrogen (secondary N) is 1. The zero-order valence-corrected chi connectivity index (χ0v) is 19.2. The molecule has 1 saturated carbocycles. The van der Waals surface area contributed by atoms with Crippen molar-refractivity contribution in [1.82, 2.24) is 20.1 Å². The quantitative estimate of drug-likeness (QED) is 0.631. The topological polar surface area (TPSA) is 59.8 Å². The van der Waals surface area contributed by atoms with Gasteiger partial charge in [0.15, 0.2) is 11.0 Å². The van der Waals surface area contributed by atoms with Gasteiger partial charge in [-0.1, -0.05) is 83.5 Å². The number of carbonyl (C=O) groups excluding carboxylic acids is 1. The summed E-state index contributed by atoms with van der Waals surface area (Å²) in [5.41, 5.74) is 2.53. The van der Waals surface area contributed by atoms with Gasteiger partial charge in [0.05, 0.1) is 5.75 Å². The molecule has 1 N–H and O–H groups in total. The highest BCUT2D eigenvalue weighted by Gasteiger charge is 2.25. The first-order chi connectivity index (χ1) is 13.8. The average Bonchev–Trinajstić information content (AvgIpc) is 3.33. The van der Waals surface area contributed by atoms with Crippen molar-refractivity contribution in [3.63, 3.8) is 0 Å². The van der Waals surface area contributed by atoms with Gasteiger partial charge in [0, 0.05) is 18.2 Å². The van der Waals surface area contributed by atoms with Crippen molar-refractivity contribution in [2.24, 2.45) is 5.92 Å². The molecule has 158 valence electrons. The molecule has 0 saturated heterocycles. The Hall–Kier alpha value is -1.82. The summed E-state index contributed by atoms with van der Waals surface area (Å²) in [5, 5.41) is 12.8. The van der Waals surface area contributed by atoms with Gasteiger partial charge in [-0.3, -0.25) is 9.36 Å². The van der Waals surface area contributed by atoms with Gasteiger partial charge in [-0.25, -0.2) is 0 Å². The molecule has 5 nitrogen and oxygen atoms in total. The second-order valence-corrected chi connectivity index (χ2v) is 10.4. The SMILES string of the molecule is CC(C)CNC(=O)CSc1nnc(-c2ccc(C(C)(C)C)cc2)n1C1CCCC1. The van der Waals surface area contributed by atoms with Crippen molar-refractivity contribution < 1.29 is 4.79 Å². The van der Waals surface area contributed by atoms with Crippen molar-refractivity contribution >= 4 is 17.7 Å². The molecule has 1 amide bonds. The molecule has 29 heavy (non-hydrogen) atoms. The summed E-state index contributed by atoms with van der Waals surface area (Å²) in [4.78, 5) is 12.2. The van der Waals surface area contributed by atoms with Gasteiger partial charge in [-0.15, -0.1) is 10.2 Å². The lowest BCUT2D eigenvalue weighted by molar-refractivity contribution is -0.118. The van der Waals surface area contributed by atoms with E-state index in [1.54, 1.807) is 0 Å².